The van der Waals surface area contributed by atoms with Crippen LogP contribution in [0, 0.1) is 6.92 Å². The van der Waals surface area contributed by atoms with Crippen LogP contribution in [0.3, 0.4) is 0 Å². The number of benzene rings is 1. The van der Waals surface area contributed by atoms with Crippen molar-refractivity contribution in [3.8, 4) is 5.75 Å². The molecule has 0 saturated carbocycles. The Hall–Kier alpha value is -1.81. The lowest BCUT2D eigenvalue weighted by atomic mass is 9.98. The van der Waals surface area contributed by atoms with Crippen LogP contribution in [0.15, 0.2) is 30.5 Å². The van der Waals surface area contributed by atoms with Gasteiger partial charge in [0.1, 0.15) is 5.75 Å². The summed E-state index contributed by atoms with van der Waals surface area (Å²) in [6.07, 6.45) is 3.04. The van der Waals surface area contributed by atoms with Crippen molar-refractivity contribution in [2.75, 3.05) is 13.2 Å². The predicted molar refractivity (Wildman–Crippen MR) is 85.7 cm³/mol. The first-order chi connectivity index (χ1) is 10.2. The van der Waals surface area contributed by atoms with Crippen molar-refractivity contribution in [3.05, 3.63) is 47.3 Å². The van der Waals surface area contributed by atoms with Crippen LogP contribution in [0.25, 0.3) is 0 Å². The van der Waals surface area contributed by atoms with Gasteiger partial charge in [0.25, 0.3) is 0 Å². The third kappa shape index (κ3) is 3.45. The second-order valence-corrected chi connectivity index (χ2v) is 5.17. The molecule has 0 fully saturated rings. The summed E-state index contributed by atoms with van der Waals surface area (Å²) in [6, 6.07) is 8.35. The van der Waals surface area contributed by atoms with Gasteiger partial charge in [-0.25, -0.2) is 0 Å². The van der Waals surface area contributed by atoms with Gasteiger partial charge in [0.15, 0.2) is 0 Å². The van der Waals surface area contributed by atoms with E-state index in [-0.39, 0.29) is 6.04 Å². The number of nitrogens with one attached hydrogen (secondary N) is 1. The smallest absolute Gasteiger partial charge is 0.124 e. The molecule has 2 rings (SSSR count). The third-order valence-corrected chi connectivity index (χ3v) is 3.71. The zero-order chi connectivity index (χ0) is 15.2. The van der Waals surface area contributed by atoms with Gasteiger partial charge in [0, 0.05) is 23.9 Å². The first-order valence-corrected chi connectivity index (χ1v) is 7.62. The number of hydrogen-bond acceptors (Lipinski definition) is 3. The maximum atomic E-state index is 5.80. The van der Waals surface area contributed by atoms with E-state index in [0.717, 1.165) is 18.7 Å². The second kappa shape index (κ2) is 7.27. The Bertz CT molecular complexity index is 577. The van der Waals surface area contributed by atoms with E-state index in [2.05, 4.69) is 36.4 Å². The largest absolute Gasteiger partial charge is 0.494 e. The summed E-state index contributed by atoms with van der Waals surface area (Å²) in [5.74, 6) is 0.942. The molecule has 0 spiro atoms. The molecule has 1 aromatic carbocycles. The molecule has 1 atom stereocenters. The number of aromatic nitrogens is 2. The third-order valence-electron chi connectivity index (χ3n) is 3.71. The maximum absolute atomic E-state index is 5.80. The Labute approximate surface area is 127 Å². The molecule has 0 saturated heterocycles. The van der Waals surface area contributed by atoms with Crippen molar-refractivity contribution < 1.29 is 4.74 Å². The van der Waals surface area contributed by atoms with Crippen LogP contribution in [0.5, 0.6) is 5.75 Å². The van der Waals surface area contributed by atoms with Crippen LogP contribution in [0.1, 0.15) is 43.1 Å². The van der Waals surface area contributed by atoms with Crippen molar-refractivity contribution in [2.24, 2.45) is 7.05 Å². The highest BCUT2D eigenvalue weighted by atomic mass is 16.5. The second-order valence-electron chi connectivity index (χ2n) is 5.17. The molecule has 0 aliphatic rings. The fourth-order valence-electron chi connectivity index (χ4n) is 2.48. The normalized spacial score (nSPS) is 12.4. The van der Waals surface area contributed by atoms with Crippen LogP contribution < -0.4 is 10.1 Å². The number of nitrogens with zero attached hydrogens (tertiary/aromatic N) is 2. The van der Waals surface area contributed by atoms with Crippen molar-refractivity contribution in [1.82, 2.24) is 15.1 Å². The van der Waals surface area contributed by atoms with Crippen LogP contribution in [0.2, 0.25) is 0 Å². The average molecular weight is 287 g/mol. The van der Waals surface area contributed by atoms with E-state index in [4.69, 9.17) is 4.74 Å². The van der Waals surface area contributed by atoms with Gasteiger partial charge < -0.3 is 10.1 Å². The highest BCUT2D eigenvalue weighted by Gasteiger charge is 2.21. The SMILES string of the molecule is CCCNC(c1ccccc1OCC)c1cnn(C)c1C. The Morgan fingerprint density at radius 3 is 2.62 bits per heavy atom. The van der Waals surface area contributed by atoms with E-state index < -0.39 is 0 Å². The first-order valence-electron chi connectivity index (χ1n) is 7.62. The van der Waals surface area contributed by atoms with Gasteiger partial charge in [-0.3, -0.25) is 4.68 Å². The van der Waals surface area contributed by atoms with Gasteiger partial charge in [0.05, 0.1) is 18.8 Å². The van der Waals surface area contributed by atoms with E-state index >= 15 is 0 Å². The minimum Gasteiger partial charge on any atom is -0.494 e. The van der Waals surface area contributed by atoms with E-state index in [1.165, 1.54) is 16.8 Å². The van der Waals surface area contributed by atoms with Gasteiger partial charge in [0.2, 0.25) is 0 Å². The lowest BCUT2D eigenvalue weighted by Gasteiger charge is -2.21. The molecule has 1 unspecified atom stereocenters. The lowest BCUT2D eigenvalue weighted by Crippen LogP contribution is -2.24. The standard InChI is InChI=1S/C17H25N3O/c1-5-11-18-17(15-12-19-20(4)13(15)3)14-9-7-8-10-16(14)21-6-2/h7-10,12,17-18H,5-6,11H2,1-4H3. The molecule has 1 N–H and O–H groups in total. The van der Waals surface area contributed by atoms with Gasteiger partial charge in [-0.2, -0.15) is 5.10 Å². The molecule has 0 aliphatic carbocycles. The molecular formula is C17H25N3O. The van der Waals surface area contributed by atoms with Gasteiger partial charge in [-0.05, 0) is 32.9 Å². The molecule has 2 aromatic rings. The van der Waals surface area contributed by atoms with Crippen molar-refractivity contribution in [3.63, 3.8) is 0 Å². The minimum absolute atomic E-state index is 0.112. The molecule has 114 valence electrons. The van der Waals surface area contributed by atoms with Crippen LogP contribution >= 0.6 is 0 Å². The Kier molecular flexibility index (Phi) is 5.39. The predicted octanol–water partition coefficient (Wildman–Crippen LogP) is 3.22. The van der Waals surface area contributed by atoms with E-state index in [9.17, 15) is 0 Å². The Balaban J connectivity index is 2.43. The Morgan fingerprint density at radius 2 is 2.00 bits per heavy atom. The average Bonchev–Trinajstić information content (AvgIpc) is 2.82. The molecule has 21 heavy (non-hydrogen) atoms. The number of rotatable bonds is 7. The highest BCUT2D eigenvalue weighted by Crippen LogP contribution is 2.31. The van der Waals surface area contributed by atoms with E-state index in [1.54, 1.807) is 0 Å². The molecule has 0 aliphatic heterocycles. The van der Waals surface area contributed by atoms with Crippen LogP contribution in [-0.4, -0.2) is 22.9 Å². The number of aryl methyl sites for hydroxylation is 1. The van der Waals surface area contributed by atoms with Gasteiger partial charge in [-0.1, -0.05) is 25.1 Å². The van der Waals surface area contributed by atoms with Crippen LogP contribution in [0.4, 0.5) is 0 Å². The number of hydrogen-bond donors (Lipinski definition) is 1. The summed E-state index contributed by atoms with van der Waals surface area (Å²) >= 11 is 0. The number of para-hydroxylation sites is 1. The van der Waals surface area contributed by atoms with Crippen LogP contribution in [-0.2, 0) is 7.05 Å². The maximum Gasteiger partial charge on any atom is 0.124 e. The quantitative estimate of drug-likeness (QED) is 0.850. The molecule has 0 radical (unpaired) electrons. The zero-order valence-electron chi connectivity index (χ0n) is 13.4. The fraction of sp³-hybridized carbons (Fsp3) is 0.471. The molecule has 0 amide bonds. The summed E-state index contributed by atoms with van der Waals surface area (Å²) in [7, 11) is 1.98. The van der Waals surface area contributed by atoms with Crippen molar-refractivity contribution in [1.29, 1.82) is 0 Å². The molecule has 4 nitrogen and oxygen atoms in total. The summed E-state index contributed by atoms with van der Waals surface area (Å²) in [6.45, 7) is 7.92. The number of ether oxygens (including phenoxy) is 1. The van der Waals surface area contributed by atoms with Gasteiger partial charge >= 0.3 is 0 Å². The van der Waals surface area contributed by atoms with E-state index in [0.29, 0.717) is 6.61 Å². The zero-order valence-corrected chi connectivity index (χ0v) is 13.4. The molecular weight excluding hydrogens is 262 g/mol. The van der Waals surface area contributed by atoms with E-state index in [1.807, 2.05) is 37.0 Å². The Morgan fingerprint density at radius 1 is 1.24 bits per heavy atom. The summed E-state index contributed by atoms with van der Waals surface area (Å²) in [5, 5.41) is 8.00. The minimum atomic E-state index is 0.112. The first kappa shape index (κ1) is 15.6. The fourth-order valence-corrected chi connectivity index (χ4v) is 2.48. The highest BCUT2D eigenvalue weighted by molar-refractivity contribution is 5.42. The summed E-state index contributed by atoms with van der Waals surface area (Å²) in [5.41, 5.74) is 3.55. The molecule has 4 heteroatoms. The topological polar surface area (TPSA) is 39.1 Å². The molecule has 1 aromatic heterocycles. The summed E-state index contributed by atoms with van der Waals surface area (Å²) in [4.78, 5) is 0. The molecule has 1 heterocycles. The van der Waals surface area contributed by atoms with Crippen molar-refractivity contribution in [2.45, 2.75) is 33.2 Å². The monoisotopic (exact) mass is 287 g/mol. The summed E-state index contributed by atoms with van der Waals surface area (Å²) < 4.78 is 7.71. The van der Waals surface area contributed by atoms with Gasteiger partial charge in [-0.15, -0.1) is 0 Å². The lowest BCUT2D eigenvalue weighted by molar-refractivity contribution is 0.333. The van der Waals surface area contributed by atoms with Crippen molar-refractivity contribution >= 4 is 0 Å². The molecule has 0 bridgehead atoms.